The summed E-state index contributed by atoms with van der Waals surface area (Å²) in [6.45, 7) is 13.1. The maximum absolute atomic E-state index is 14.4. The van der Waals surface area contributed by atoms with Crippen LogP contribution in [-0.4, -0.2) is 134 Å². The van der Waals surface area contributed by atoms with Crippen LogP contribution in [0.3, 0.4) is 0 Å². The van der Waals surface area contributed by atoms with Gasteiger partial charge in [0.25, 0.3) is 11.7 Å². The smallest absolute Gasteiger partial charge is 0.329 e. The minimum absolute atomic E-state index is 0.0599. The van der Waals surface area contributed by atoms with Crippen LogP contribution in [-0.2, 0) is 52.4 Å². The standard InChI is InChI=1S/C52H81NO13/c1-31-17-13-12-14-18-32(2)43(61-8)29-39-22-20-37(7)52(60,66-39)49(57)50(58)53-24-16-15-19-40(53)51(59)65-44(34(4)27-38-21-23-41(54)45(28-38)62-9)30-42(55)33(3)26-36(6)47(63-10)48(64-11)46(56)35(5)25-31/h12-14,17-18,26,31,33-35,37-41,43-45,47-48,54,60H,15-16,19-25,27-30H2,1-11H3/b14-12+,17-13+,32-18+,36-26+/t31-,33-,34-,35-,37-,38+,39+,40+,41-,43?,44+,45-,47-,48?,52-/m1/s1. The van der Waals surface area contributed by atoms with Crippen LogP contribution in [0.4, 0.5) is 0 Å². The van der Waals surface area contributed by atoms with E-state index in [1.807, 2.05) is 58.1 Å². The summed E-state index contributed by atoms with van der Waals surface area (Å²) in [4.78, 5) is 72.3. The van der Waals surface area contributed by atoms with E-state index >= 15 is 0 Å². The number of aliphatic hydroxyl groups excluding tert-OH is 1. The maximum Gasteiger partial charge on any atom is 0.329 e. The first-order chi connectivity index (χ1) is 31.3. The van der Waals surface area contributed by atoms with E-state index in [0.29, 0.717) is 63.4 Å². The number of esters is 1. The number of hydrogen-bond donors (Lipinski definition) is 2. The summed E-state index contributed by atoms with van der Waals surface area (Å²) in [5.41, 5.74) is 1.54. The molecule has 3 fully saturated rings. The second kappa shape index (κ2) is 25.8. The van der Waals surface area contributed by atoms with Gasteiger partial charge in [-0.15, -0.1) is 0 Å². The van der Waals surface area contributed by atoms with Gasteiger partial charge in [0.15, 0.2) is 5.78 Å². The van der Waals surface area contributed by atoms with E-state index in [1.54, 1.807) is 41.1 Å². The predicted molar refractivity (Wildman–Crippen MR) is 250 cm³/mol. The van der Waals surface area contributed by atoms with E-state index in [9.17, 15) is 34.2 Å². The molecule has 14 nitrogen and oxygen atoms in total. The van der Waals surface area contributed by atoms with Crippen LogP contribution < -0.4 is 0 Å². The highest BCUT2D eigenvalue weighted by Crippen LogP contribution is 2.38. The van der Waals surface area contributed by atoms with Crippen molar-refractivity contribution < 1.29 is 62.6 Å². The van der Waals surface area contributed by atoms with E-state index < -0.39 is 77.9 Å². The molecule has 2 unspecified atom stereocenters. The third kappa shape index (κ3) is 14.3. The minimum Gasteiger partial charge on any atom is -0.460 e. The van der Waals surface area contributed by atoms with Crippen LogP contribution in [0.2, 0.25) is 0 Å². The molecule has 3 aliphatic heterocycles. The van der Waals surface area contributed by atoms with Crippen molar-refractivity contribution in [2.24, 2.45) is 35.5 Å². The Bertz CT molecular complexity index is 1770. The van der Waals surface area contributed by atoms with Gasteiger partial charge in [-0.2, -0.15) is 0 Å². The van der Waals surface area contributed by atoms with Crippen molar-refractivity contribution in [2.45, 2.75) is 180 Å². The Kier molecular flexibility index (Phi) is 21.6. The Labute approximate surface area is 393 Å². The highest BCUT2D eigenvalue weighted by atomic mass is 16.6. The van der Waals surface area contributed by atoms with Crippen molar-refractivity contribution in [1.29, 1.82) is 0 Å². The Hall–Kier alpha value is -3.37. The van der Waals surface area contributed by atoms with E-state index in [-0.39, 0.29) is 60.7 Å². The van der Waals surface area contributed by atoms with Crippen LogP contribution in [0, 0.1) is 35.5 Å². The Morgan fingerprint density at radius 2 is 1.53 bits per heavy atom. The highest BCUT2D eigenvalue weighted by Gasteiger charge is 2.53. The number of fused-ring (bicyclic) bond motifs is 3. The van der Waals surface area contributed by atoms with E-state index in [2.05, 4.69) is 0 Å². The third-order valence-corrected chi connectivity index (χ3v) is 14.7. The fourth-order valence-corrected chi connectivity index (χ4v) is 10.4. The molecule has 2 saturated heterocycles. The first-order valence-corrected chi connectivity index (χ1v) is 24.3. The van der Waals surface area contributed by atoms with Gasteiger partial charge in [0.2, 0.25) is 5.79 Å². The summed E-state index contributed by atoms with van der Waals surface area (Å²) >= 11 is 0. The lowest BCUT2D eigenvalue weighted by Crippen LogP contribution is -2.61. The third-order valence-electron chi connectivity index (χ3n) is 14.7. The lowest BCUT2D eigenvalue weighted by atomic mass is 9.78. The average molecular weight is 928 g/mol. The number of nitrogens with zero attached hydrogens (tertiary/aromatic N) is 1. The molecule has 1 amide bonds. The van der Waals surface area contributed by atoms with Crippen LogP contribution in [0.25, 0.3) is 0 Å². The number of amides is 1. The fourth-order valence-electron chi connectivity index (χ4n) is 10.4. The molecule has 372 valence electrons. The summed E-state index contributed by atoms with van der Waals surface area (Å²) < 4.78 is 35.5. The Balaban J connectivity index is 1.72. The van der Waals surface area contributed by atoms with Gasteiger partial charge in [0.1, 0.15) is 30.1 Å². The van der Waals surface area contributed by atoms with Gasteiger partial charge >= 0.3 is 5.97 Å². The number of piperidine rings is 1. The lowest BCUT2D eigenvalue weighted by Gasteiger charge is -2.42. The molecule has 14 heteroatoms. The molecule has 0 spiro atoms. The van der Waals surface area contributed by atoms with Crippen molar-refractivity contribution in [2.75, 3.05) is 35.0 Å². The number of carbonyl (C=O) groups excluding carboxylic acids is 5. The first kappa shape index (κ1) is 55.2. The number of cyclic esters (lactones) is 1. The SMILES string of the molecule is COC1C[C@@H]2CC[C@@H](C)[C@@](O)(O2)C(=O)C(=O)N2CCCC[C@H]2C(=O)O[C@H]([C@H](C)C[C@@H]2CC[C@@H](O)[C@H](OC)C2)CC(=O)[C@H](C)/C=C(\C)[C@@H](OC)C(OC)C(=O)[C@H](C)C[C@H](C)/C=C/C=C/C=C/1C. The van der Waals surface area contributed by atoms with Crippen molar-refractivity contribution in [3.05, 3.63) is 47.6 Å². The van der Waals surface area contributed by atoms with Gasteiger partial charge in [-0.25, -0.2) is 4.79 Å². The minimum atomic E-state index is -2.42. The molecule has 4 rings (SSSR count). The summed E-state index contributed by atoms with van der Waals surface area (Å²) in [7, 11) is 6.15. The molecule has 4 aliphatic rings. The number of carbonyl (C=O) groups is 5. The lowest BCUT2D eigenvalue weighted by molar-refractivity contribution is -0.265. The summed E-state index contributed by atoms with van der Waals surface area (Å²) in [5.74, 6) is -7.45. The van der Waals surface area contributed by atoms with Crippen LogP contribution in [0.1, 0.15) is 126 Å². The van der Waals surface area contributed by atoms with Crippen LogP contribution >= 0.6 is 0 Å². The number of aliphatic hydroxyl groups is 2. The Morgan fingerprint density at radius 3 is 2.20 bits per heavy atom. The zero-order chi connectivity index (χ0) is 48.9. The second-order valence-electron chi connectivity index (χ2n) is 19.8. The van der Waals surface area contributed by atoms with Crippen LogP contribution in [0.5, 0.6) is 0 Å². The van der Waals surface area contributed by atoms with Gasteiger partial charge in [0.05, 0.1) is 24.4 Å². The number of ketones is 3. The second-order valence-corrected chi connectivity index (χ2v) is 19.8. The fraction of sp³-hybridized carbons (Fsp3) is 0.750. The quantitative estimate of drug-likeness (QED) is 0.154. The van der Waals surface area contributed by atoms with Crippen molar-refractivity contribution in [3.63, 3.8) is 0 Å². The molecule has 0 aromatic rings. The molecule has 0 aromatic carbocycles. The Morgan fingerprint density at radius 1 is 0.818 bits per heavy atom. The molecule has 0 aromatic heterocycles. The van der Waals surface area contributed by atoms with Gasteiger partial charge < -0.3 is 43.5 Å². The molecule has 3 heterocycles. The van der Waals surface area contributed by atoms with Crippen molar-refractivity contribution >= 4 is 29.2 Å². The summed E-state index contributed by atoms with van der Waals surface area (Å²) in [5, 5.41) is 22.5. The topological polar surface area (TPSA) is 184 Å². The summed E-state index contributed by atoms with van der Waals surface area (Å²) in [6.07, 6.45) is 12.6. The monoisotopic (exact) mass is 928 g/mol. The zero-order valence-electron chi connectivity index (χ0n) is 41.6. The van der Waals surface area contributed by atoms with Gasteiger partial charge in [-0.3, -0.25) is 19.2 Å². The molecule has 2 bridgehead atoms. The van der Waals surface area contributed by atoms with E-state index in [0.717, 1.165) is 12.0 Å². The largest absolute Gasteiger partial charge is 0.460 e. The van der Waals surface area contributed by atoms with Gasteiger partial charge in [-0.1, -0.05) is 71.1 Å². The molecular formula is C52H81NO13. The molecule has 2 N–H and O–H groups in total. The molecule has 15 atom stereocenters. The normalized spacial score (nSPS) is 40.0. The van der Waals surface area contributed by atoms with Gasteiger partial charge in [-0.05, 0) is 107 Å². The van der Waals surface area contributed by atoms with Crippen LogP contribution in [0.15, 0.2) is 47.6 Å². The molecular weight excluding hydrogens is 847 g/mol. The molecule has 66 heavy (non-hydrogen) atoms. The summed E-state index contributed by atoms with van der Waals surface area (Å²) in [6, 6.07) is -1.12. The number of methoxy groups -OCH3 is 4. The first-order valence-electron chi connectivity index (χ1n) is 24.3. The zero-order valence-corrected chi connectivity index (χ0v) is 41.6. The number of Topliss-reactive ketones (excluding diaryl/α,β-unsaturated/α-hetero) is 3. The van der Waals surface area contributed by atoms with Crippen molar-refractivity contribution in [3.8, 4) is 0 Å². The highest BCUT2D eigenvalue weighted by molar-refractivity contribution is 6.39. The predicted octanol–water partition coefficient (Wildman–Crippen LogP) is 6.83. The molecule has 0 radical (unpaired) electrons. The molecule has 1 saturated carbocycles. The van der Waals surface area contributed by atoms with E-state index in [1.165, 1.54) is 19.1 Å². The number of hydrogen-bond acceptors (Lipinski definition) is 13. The van der Waals surface area contributed by atoms with Crippen molar-refractivity contribution in [1.82, 2.24) is 4.90 Å². The van der Waals surface area contributed by atoms with Gasteiger partial charge in [0, 0.05) is 65.6 Å². The average Bonchev–Trinajstić information content (AvgIpc) is 3.29. The number of ether oxygens (including phenoxy) is 6. The molecule has 1 aliphatic carbocycles. The van der Waals surface area contributed by atoms with E-state index in [4.69, 9.17) is 28.4 Å². The number of allylic oxidation sites excluding steroid dienone is 6. The maximum atomic E-state index is 14.4. The number of rotatable bonds is 7.